The zero-order valence-electron chi connectivity index (χ0n) is 18.0. The van der Waals surface area contributed by atoms with Crippen molar-refractivity contribution in [2.24, 2.45) is 7.05 Å². The summed E-state index contributed by atoms with van der Waals surface area (Å²) in [6.07, 6.45) is 3.41. The van der Waals surface area contributed by atoms with Crippen LogP contribution in [0, 0.1) is 6.92 Å². The molecule has 0 saturated heterocycles. The van der Waals surface area contributed by atoms with E-state index in [1.54, 1.807) is 42.3 Å². The van der Waals surface area contributed by atoms with E-state index >= 15 is 0 Å². The van der Waals surface area contributed by atoms with Crippen LogP contribution in [0.15, 0.2) is 60.2 Å². The third kappa shape index (κ3) is 4.03. The molecular weight excluding hydrogens is 414 g/mol. The molecule has 0 aliphatic heterocycles. The average molecular weight is 436 g/mol. The first-order valence-corrected chi connectivity index (χ1v) is 9.97. The average Bonchev–Trinajstić information content (AvgIpc) is 2.99. The van der Waals surface area contributed by atoms with Gasteiger partial charge in [0.1, 0.15) is 5.75 Å². The van der Waals surface area contributed by atoms with Crippen molar-refractivity contribution in [3.63, 3.8) is 0 Å². The van der Waals surface area contributed by atoms with Gasteiger partial charge in [-0.05, 0) is 43.2 Å². The molecule has 164 valence electrons. The molecule has 0 fully saturated rings. The van der Waals surface area contributed by atoms with Crippen LogP contribution in [-0.4, -0.2) is 25.9 Å². The summed E-state index contributed by atoms with van der Waals surface area (Å²) in [4.78, 5) is 21.4. The predicted molar refractivity (Wildman–Crippen MR) is 120 cm³/mol. The van der Waals surface area contributed by atoms with E-state index in [-0.39, 0.29) is 17.9 Å². The summed E-state index contributed by atoms with van der Waals surface area (Å²) in [5, 5.41) is 0.528. The molecule has 0 aliphatic carbocycles. The van der Waals surface area contributed by atoms with Gasteiger partial charge in [0, 0.05) is 30.6 Å². The van der Waals surface area contributed by atoms with Crippen LogP contribution in [0.3, 0.4) is 0 Å². The van der Waals surface area contributed by atoms with Crippen molar-refractivity contribution in [1.29, 1.82) is 0 Å². The van der Waals surface area contributed by atoms with E-state index < -0.39 is 6.61 Å². The molecule has 0 N–H and O–H groups in total. The highest BCUT2D eigenvalue weighted by molar-refractivity contribution is 5.84. The number of rotatable bonds is 6. The molecule has 4 aromatic rings. The van der Waals surface area contributed by atoms with Crippen molar-refractivity contribution in [2.45, 2.75) is 27.0 Å². The van der Waals surface area contributed by atoms with E-state index in [1.807, 2.05) is 26.0 Å². The summed E-state index contributed by atoms with van der Waals surface area (Å²) in [5.74, 6) is 0.650. The number of aryl methyl sites for hydroxylation is 1. The number of fused-ring (bicyclic) bond motifs is 1. The second-order valence-electron chi connectivity index (χ2n) is 7.68. The van der Waals surface area contributed by atoms with E-state index in [2.05, 4.69) is 16.5 Å². The molecule has 2 aromatic heterocycles. The lowest BCUT2D eigenvalue weighted by Crippen LogP contribution is -2.20. The smallest absolute Gasteiger partial charge is 0.387 e. The topological polar surface area (TPSA) is 61.9 Å². The molecule has 0 aliphatic rings. The predicted octanol–water partition coefficient (Wildman–Crippen LogP) is 4.79. The monoisotopic (exact) mass is 436 g/mol. The fraction of sp³-hybridized carbons (Fsp3) is 0.208. The van der Waals surface area contributed by atoms with Gasteiger partial charge in [0.05, 0.1) is 17.4 Å². The fourth-order valence-corrected chi connectivity index (χ4v) is 3.64. The normalized spacial score (nSPS) is 11.3. The first kappa shape index (κ1) is 21.4. The first-order valence-electron chi connectivity index (χ1n) is 9.97. The maximum Gasteiger partial charge on any atom is 0.387 e. The van der Waals surface area contributed by atoms with Crippen LogP contribution in [-0.2, 0) is 13.6 Å². The van der Waals surface area contributed by atoms with E-state index in [0.29, 0.717) is 22.3 Å². The summed E-state index contributed by atoms with van der Waals surface area (Å²) in [6.45, 7) is 4.80. The largest absolute Gasteiger partial charge is 0.434 e. The minimum absolute atomic E-state index is 0.0832. The lowest BCUT2D eigenvalue weighted by Gasteiger charge is -2.15. The van der Waals surface area contributed by atoms with E-state index in [0.717, 1.165) is 22.3 Å². The van der Waals surface area contributed by atoms with Gasteiger partial charge >= 0.3 is 6.61 Å². The third-order valence-electron chi connectivity index (χ3n) is 5.28. The van der Waals surface area contributed by atoms with Gasteiger partial charge < -0.3 is 4.74 Å². The summed E-state index contributed by atoms with van der Waals surface area (Å²) in [7, 11) is 1.65. The Morgan fingerprint density at radius 3 is 2.50 bits per heavy atom. The van der Waals surface area contributed by atoms with Gasteiger partial charge in [-0.1, -0.05) is 30.3 Å². The molecule has 6 nitrogen and oxygen atoms in total. The second-order valence-corrected chi connectivity index (χ2v) is 7.68. The van der Waals surface area contributed by atoms with Gasteiger partial charge in [0.25, 0.3) is 5.56 Å². The number of hydrogen-bond donors (Lipinski definition) is 0. The maximum absolute atomic E-state index is 12.9. The highest BCUT2D eigenvalue weighted by atomic mass is 19.3. The quantitative estimate of drug-likeness (QED) is 0.436. The molecule has 0 unspecified atom stereocenters. The fourth-order valence-electron chi connectivity index (χ4n) is 3.64. The molecule has 0 saturated carbocycles. The zero-order valence-corrected chi connectivity index (χ0v) is 18.0. The number of ether oxygens (including phenoxy) is 1. The molecule has 2 aromatic carbocycles. The van der Waals surface area contributed by atoms with Crippen LogP contribution >= 0.6 is 0 Å². The van der Waals surface area contributed by atoms with Gasteiger partial charge in [0.15, 0.2) is 5.82 Å². The second kappa shape index (κ2) is 8.37. The Morgan fingerprint density at radius 2 is 1.84 bits per heavy atom. The van der Waals surface area contributed by atoms with E-state index in [9.17, 15) is 13.6 Å². The van der Waals surface area contributed by atoms with Gasteiger partial charge in [-0.15, -0.1) is 0 Å². The Hall–Kier alpha value is -3.81. The lowest BCUT2D eigenvalue weighted by molar-refractivity contribution is -0.0505. The third-order valence-corrected chi connectivity index (χ3v) is 5.28. The van der Waals surface area contributed by atoms with Crippen LogP contribution in [0.2, 0.25) is 0 Å². The molecule has 4 rings (SSSR count). The molecule has 0 bridgehead atoms. The van der Waals surface area contributed by atoms with Crippen molar-refractivity contribution in [2.75, 3.05) is 0 Å². The maximum atomic E-state index is 12.9. The summed E-state index contributed by atoms with van der Waals surface area (Å²) in [5.41, 5.74) is 4.34. The molecule has 32 heavy (non-hydrogen) atoms. The van der Waals surface area contributed by atoms with Gasteiger partial charge in [-0.25, -0.2) is 9.97 Å². The highest BCUT2D eigenvalue weighted by Gasteiger charge is 2.16. The van der Waals surface area contributed by atoms with Crippen molar-refractivity contribution in [3.05, 3.63) is 82.7 Å². The molecule has 8 heteroatoms. The van der Waals surface area contributed by atoms with Crippen LogP contribution in [0.4, 0.5) is 8.78 Å². The van der Waals surface area contributed by atoms with Crippen molar-refractivity contribution in [1.82, 2.24) is 19.3 Å². The number of benzene rings is 2. The van der Waals surface area contributed by atoms with Gasteiger partial charge in [-0.2, -0.15) is 8.78 Å². The number of alkyl halides is 2. The van der Waals surface area contributed by atoms with Crippen LogP contribution in [0.5, 0.6) is 5.75 Å². The zero-order chi connectivity index (χ0) is 23.0. The van der Waals surface area contributed by atoms with Crippen molar-refractivity contribution >= 4 is 16.5 Å². The number of aromatic nitrogens is 4. The number of nitrogens with zero attached hydrogens (tertiary/aromatic N) is 4. The van der Waals surface area contributed by atoms with E-state index in [1.165, 1.54) is 10.7 Å². The molecule has 0 spiro atoms. The molecule has 0 amide bonds. The van der Waals surface area contributed by atoms with Crippen molar-refractivity contribution < 1.29 is 13.5 Å². The van der Waals surface area contributed by atoms with Crippen LogP contribution < -0.4 is 10.3 Å². The molecule has 2 heterocycles. The SMILES string of the molecule is C=C(C)c1ncc(-c2ccc3c(=O)n(C)n(Cc4cc(C)ccc4OC(F)F)c3c2)cn1. The Balaban J connectivity index is 1.81. The standard InChI is InChI=1S/C24H22F2N4O2/c1-14(2)22-27-11-18(12-28-22)16-6-7-19-20(10-16)30(29(4)23(19)31)13-17-9-15(3)5-8-21(17)32-24(25)26/h5-12,24H,1,13H2,2-4H3. The van der Waals surface area contributed by atoms with Crippen LogP contribution in [0.25, 0.3) is 27.6 Å². The summed E-state index contributed by atoms with van der Waals surface area (Å²) in [6, 6.07) is 10.5. The highest BCUT2D eigenvalue weighted by Crippen LogP contribution is 2.27. The Labute approximate surface area is 183 Å². The molecule has 0 radical (unpaired) electrons. The van der Waals surface area contributed by atoms with Gasteiger partial charge in [0.2, 0.25) is 0 Å². The van der Waals surface area contributed by atoms with Crippen molar-refractivity contribution in [3.8, 4) is 16.9 Å². The minimum atomic E-state index is -2.93. The minimum Gasteiger partial charge on any atom is -0.434 e. The number of halogens is 2. The van der Waals surface area contributed by atoms with Gasteiger partial charge in [-0.3, -0.25) is 14.2 Å². The van der Waals surface area contributed by atoms with Crippen LogP contribution in [0.1, 0.15) is 23.9 Å². The number of hydrogen-bond acceptors (Lipinski definition) is 4. The molecular formula is C24H22F2N4O2. The Kier molecular flexibility index (Phi) is 5.61. The molecule has 0 atom stereocenters. The van der Waals surface area contributed by atoms with E-state index in [4.69, 9.17) is 4.74 Å². The number of allylic oxidation sites excluding steroid dienone is 1. The lowest BCUT2D eigenvalue weighted by atomic mass is 10.1. The Bertz CT molecular complexity index is 1370. The first-order chi connectivity index (χ1) is 15.2. The summed E-state index contributed by atoms with van der Waals surface area (Å²) >= 11 is 0. The Morgan fingerprint density at radius 1 is 1.12 bits per heavy atom. The summed E-state index contributed by atoms with van der Waals surface area (Å²) < 4.78 is 33.7.